The maximum atomic E-state index is 11.2. The molecule has 1 aromatic rings. The van der Waals surface area contributed by atoms with Gasteiger partial charge in [-0.3, -0.25) is 0 Å². The average Bonchev–Trinajstić information content (AvgIpc) is 2.25. The molecule has 0 aliphatic carbocycles. The minimum absolute atomic E-state index is 0.0799. The van der Waals surface area contributed by atoms with E-state index in [0.717, 1.165) is 0 Å². The lowest BCUT2D eigenvalue weighted by molar-refractivity contribution is -0.134. The molecule has 0 atom stereocenters. The van der Waals surface area contributed by atoms with Crippen molar-refractivity contribution in [3.63, 3.8) is 0 Å². The minimum Gasteiger partial charge on any atom is -0.478 e. The Morgan fingerprint density at radius 3 is 1.88 bits per heavy atom. The van der Waals surface area contributed by atoms with Crippen molar-refractivity contribution in [3.05, 3.63) is 41.5 Å². The lowest BCUT2D eigenvalue weighted by Gasteiger charge is -2.12. The van der Waals surface area contributed by atoms with Crippen LogP contribution < -0.4 is 0 Å². The highest BCUT2D eigenvalue weighted by molar-refractivity contribution is 6.21. The molecule has 0 aromatic heterocycles. The number of rotatable bonds is 4. The highest BCUT2D eigenvalue weighted by Gasteiger charge is 2.23. The average molecular weight is 234 g/mol. The van der Waals surface area contributed by atoms with Crippen molar-refractivity contribution in [2.24, 2.45) is 5.92 Å². The van der Waals surface area contributed by atoms with Crippen molar-refractivity contribution in [2.75, 3.05) is 0 Å². The van der Waals surface area contributed by atoms with Gasteiger partial charge in [-0.05, 0) is 11.5 Å². The van der Waals surface area contributed by atoms with Gasteiger partial charge in [-0.15, -0.1) is 0 Å². The third kappa shape index (κ3) is 2.93. The maximum Gasteiger partial charge on any atom is 0.336 e. The van der Waals surface area contributed by atoms with E-state index in [4.69, 9.17) is 5.11 Å². The standard InChI is InChI=1S/C13H14O4/c1-8(2)10(12(14)15)11(13(16)17)9-6-4-3-5-7-9/h3-8H,1-2H3,(H,14,15)(H,16,17)/b11-10+. The van der Waals surface area contributed by atoms with E-state index in [1.807, 2.05) is 0 Å². The zero-order valence-corrected chi connectivity index (χ0v) is 9.68. The first kappa shape index (κ1) is 13.0. The molecule has 0 aliphatic rings. The molecule has 0 unspecified atom stereocenters. The Kier molecular flexibility index (Phi) is 4.04. The number of hydrogen-bond donors (Lipinski definition) is 2. The fraction of sp³-hybridized carbons (Fsp3) is 0.231. The highest BCUT2D eigenvalue weighted by atomic mass is 16.4. The lowest BCUT2D eigenvalue weighted by atomic mass is 9.92. The van der Waals surface area contributed by atoms with Crippen LogP contribution in [0.15, 0.2) is 35.9 Å². The molecule has 4 nitrogen and oxygen atoms in total. The molecule has 0 bridgehead atoms. The summed E-state index contributed by atoms with van der Waals surface area (Å²) in [7, 11) is 0. The van der Waals surface area contributed by atoms with Crippen LogP contribution in [0.4, 0.5) is 0 Å². The molecular weight excluding hydrogens is 220 g/mol. The summed E-state index contributed by atoms with van der Waals surface area (Å²) in [6, 6.07) is 8.29. The number of carbonyl (C=O) groups is 2. The van der Waals surface area contributed by atoms with E-state index >= 15 is 0 Å². The summed E-state index contributed by atoms with van der Waals surface area (Å²) >= 11 is 0. The fourth-order valence-corrected chi connectivity index (χ4v) is 1.64. The van der Waals surface area contributed by atoms with E-state index in [-0.39, 0.29) is 17.1 Å². The molecule has 1 rings (SSSR count). The Bertz CT molecular complexity index is 458. The number of aliphatic carboxylic acids is 2. The van der Waals surface area contributed by atoms with E-state index in [1.54, 1.807) is 44.2 Å². The molecule has 0 amide bonds. The second-order valence-corrected chi connectivity index (χ2v) is 3.92. The van der Waals surface area contributed by atoms with Crippen LogP contribution in [0.25, 0.3) is 5.57 Å². The first-order valence-corrected chi connectivity index (χ1v) is 5.21. The van der Waals surface area contributed by atoms with Crippen LogP contribution in [0, 0.1) is 5.92 Å². The van der Waals surface area contributed by atoms with E-state index in [0.29, 0.717) is 5.56 Å². The molecule has 90 valence electrons. The van der Waals surface area contributed by atoms with Crippen LogP contribution in [-0.2, 0) is 9.59 Å². The number of benzene rings is 1. The Labute approximate surface area is 99.2 Å². The summed E-state index contributed by atoms with van der Waals surface area (Å²) in [5, 5.41) is 18.3. The molecule has 0 radical (unpaired) electrons. The summed E-state index contributed by atoms with van der Waals surface area (Å²) in [4.78, 5) is 22.4. The normalized spacial score (nSPS) is 12.2. The Balaban J connectivity index is 3.49. The SMILES string of the molecule is CC(C)/C(C(=O)O)=C(\C(=O)O)c1ccccc1. The van der Waals surface area contributed by atoms with Crippen LogP contribution in [0.5, 0.6) is 0 Å². The summed E-state index contributed by atoms with van der Waals surface area (Å²) in [6.07, 6.45) is 0. The van der Waals surface area contributed by atoms with Gasteiger partial charge in [0, 0.05) is 0 Å². The molecule has 0 saturated carbocycles. The summed E-state index contributed by atoms with van der Waals surface area (Å²) in [5.74, 6) is -2.78. The van der Waals surface area contributed by atoms with Crippen LogP contribution in [0.3, 0.4) is 0 Å². The highest BCUT2D eigenvalue weighted by Crippen LogP contribution is 2.24. The predicted octanol–water partition coefficient (Wildman–Crippen LogP) is 2.27. The second kappa shape index (κ2) is 5.30. The van der Waals surface area contributed by atoms with Crippen molar-refractivity contribution in [1.82, 2.24) is 0 Å². The molecule has 0 aliphatic heterocycles. The topological polar surface area (TPSA) is 74.6 Å². The molecular formula is C13H14O4. The van der Waals surface area contributed by atoms with Gasteiger partial charge >= 0.3 is 11.9 Å². The Hall–Kier alpha value is -2.10. The van der Waals surface area contributed by atoms with Gasteiger partial charge in [0.25, 0.3) is 0 Å². The van der Waals surface area contributed by atoms with Crippen molar-refractivity contribution in [3.8, 4) is 0 Å². The second-order valence-electron chi connectivity index (χ2n) is 3.92. The van der Waals surface area contributed by atoms with Gasteiger partial charge in [-0.25, -0.2) is 9.59 Å². The van der Waals surface area contributed by atoms with Gasteiger partial charge in [0.15, 0.2) is 0 Å². The van der Waals surface area contributed by atoms with Crippen molar-refractivity contribution in [1.29, 1.82) is 0 Å². The fourth-order valence-electron chi connectivity index (χ4n) is 1.64. The van der Waals surface area contributed by atoms with Crippen molar-refractivity contribution in [2.45, 2.75) is 13.8 Å². The zero-order chi connectivity index (χ0) is 13.0. The summed E-state index contributed by atoms with van der Waals surface area (Å²) in [5.41, 5.74) is 0.183. The van der Waals surface area contributed by atoms with E-state index in [2.05, 4.69) is 0 Å². The number of carboxylic acids is 2. The summed E-state index contributed by atoms with van der Waals surface area (Å²) in [6.45, 7) is 3.32. The molecule has 1 aromatic carbocycles. The van der Waals surface area contributed by atoms with Crippen LogP contribution in [-0.4, -0.2) is 22.2 Å². The smallest absolute Gasteiger partial charge is 0.336 e. The first-order chi connectivity index (χ1) is 7.95. The number of carboxylic acid groups (broad SMARTS) is 2. The third-order valence-electron chi connectivity index (χ3n) is 2.35. The van der Waals surface area contributed by atoms with Crippen LogP contribution in [0.2, 0.25) is 0 Å². The van der Waals surface area contributed by atoms with Gasteiger partial charge in [-0.1, -0.05) is 44.2 Å². The van der Waals surface area contributed by atoms with Gasteiger partial charge in [0.1, 0.15) is 0 Å². The largest absolute Gasteiger partial charge is 0.478 e. The van der Waals surface area contributed by atoms with Gasteiger partial charge in [0.2, 0.25) is 0 Å². The first-order valence-electron chi connectivity index (χ1n) is 5.21. The molecule has 0 saturated heterocycles. The molecule has 2 N–H and O–H groups in total. The predicted molar refractivity (Wildman–Crippen MR) is 63.5 cm³/mol. The van der Waals surface area contributed by atoms with E-state index in [1.165, 1.54) is 0 Å². The third-order valence-corrected chi connectivity index (χ3v) is 2.35. The van der Waals surface area contributed by atoms with Crippen molar-refractivity contribution >= 4 is 17.5 Å². The molecule has 0 fully saturated rings. The quantitative estimate of drug-likeness (QED) is 0.783. The monoisotopic (exact) mass is 234 g/mol. The molecule has 0 spiro atoms. The Morgan fingerprint density at radius 1 is 1.00 bits per heavy atom. The van der Waals surface area contributed by atoms with Gasteiger partial charge in [0.05, 0.1) is 11.1 Å². The molecule has 4 heteroatoms. The van der Waals surface area contributed by atoms with Gasteiger partial charge < -0.3 is 10.2 Å². The van der Waals surface area contributed by atoms with Crippen LogP contribution in [0.1, 0.15) is 19.4 Å². The number of hydrogen-bond acceptors (Lipinski definition) is 2. The zero-order valence-electron chi connectivity index (χ0n) is 9.68. The summed E-state index contributed by atoms with van der Waals surface area (Å²) < 4.78 is 0. The van der Waals surface area contributed by atoms with Gasteiger partial charge in [-0.2, -0.15) is 0 Å². The molecule has 17 heavy (non-hydrogen) atoms. The lowest BCUT2D eigenvalue weighted by Crippen LogP contribution is -2.14. The van der Waals surface area contributed by atoms with E-state index in [9.17, 15) is 14.7 Å². The maximum absolute atomic E-state index is 11.2. The molecule has 0 heterocycles. The minimum atomic E-state index is -1.22. The van der Waals surface area contributed by atoms with Crippen LogP contribution >= 0.6 is 0 Å². The van der Waals surface area contributed by atoms with Crippen molar-refractivity contribution < 1.29 is 19.8 Å². The Morgan fingerprint density at radius 2 is 1.53 bits per heavy atom. The van der Waals surface area contributed by atoms with E-state index < -0.39 is 11.9 Å².